The fourth-order valence-corrected chi connectivity index (χ4v) is 2.55. The molecule has 3 rings (SSSR count). The lowest BCUT2D eigenvalue weighted by Gasteiger charge is -2.18. The fraction of sp³-hybridized carbons (Fsp3) is 0.263. The molecule has 5 nitrogen and oxygen atoms in total. The van der Waals surface area contributed by atoms with Crippen molar-refractivity contribution in [2.24, 2.45) is 0 Å². The topological polar surface area (TPSA) is 63.0 Å². The van der Waals surface area contributed by atoms with Gasteiger partial charge in [0.05, 0.1) is 12.4 Å². The number of nitrogens with one attached hydrogen (secondary N) is 1. The first-order valence-electron chi connectivity index (χ1n) is 8.06. The van der Waals surface area contributed by atoms with Crippen molar-refractivity contribution in [1.29, 1.82) is 0 Å². The molecule has 1 aromatic carbocycles. The van der Waals surface area contributed by atoms with Crippen molar-refractivity contribution in [3.8, 4) is 5.69 Å². The van der Waals surface area contributed by atoms with Gasteiger partial charge in [0.15, 0.2) is 0 Å². The predicted molar refractivity (Wildman–Crippen MR) is 93.9 cm³/mol. The molecular formula is C19H22N4O. The SMILES string of the molecule is Cc1ccc(C(O)CNC(C)c2ccc(-n3ccnc3)cc2)cn1. The molecule has 0 saturated heterocycles. The van der Waals surface area contributed by atoms with E-state index >= 15 is 0 Å². The number of benzene rings is 1. The van der Waals surface area contributed by atoms with Crippen LogP contribution in [0.25, 0.3) is 5.69 Å². The predicted octanol–water partition coefficient (Wildman–Crippen LogP) is 2.96. The van der Waals surface area contributed by atoms with Crippen molar-refractivity contribution in [2.45, 2.75) is 26.0 Å². The summed E-state index contributed by atoms with van der Waals surface area (Å²) in [5.41, 5.74) is 4.03. The third-order valence-corrected chi connectivity index (χ3v) is 4.13. The van der Waals surface area contributed by atoms with E-state index in [4.69, 9.17) is 0 Å². The zero-order chi connectivity index (χ0) is 16.9. The summed E-state index contributed by atoms with van der Waals surface area (Å²) in [5.74, 6) is 0. The maximum Gasteiger partial charge on any atom is 0.0991 e. The average molecular weight is 322 g/mol. The number of imidazole rings is 1. The quantitative estimate of drug-likeness (QED) is 0.732. The van der Waals surface area contributed by atoms with Crippen LogP contribution in [0, 0.1) is 6.92 Å². The first-order chi connectivity index (χ1) is 11.6. The molecule has 3 aromatic rings. The number of aliphatic hydroxyl groups excluding tert-OH is 1. The highest BCUT2D eigenvalue weighted by atomic mass is 16.3. The van der Waals surface area contributed by atoms with Gasteiger partial charge in [-0.3, -0.25) is 4.98 Å². The summed E-state index contributed by atoms with van der Waals surface area (Å²) in [6.07, 6.45) is 6.63. The van der Waals surface area contributed by atoms with E-state index in [9.17, 15) is 5.11 Å². The fourth-order valence-electron chi connectivity index (χ4n) is 2.55. The Balaban J connectivity index is 1.58. The van der Waals surface area contributed by atoms with Crippen molar-refractivity contribution >= 4 is 0 Å². The van der Waals surface area contributed by atoms with Gasteiger partial charge >= 0.3 is 0 Å². The number of pyridine rings is 1. The Morgan fingerprint density at radius 2 is 1.88 bits per heavy atom. The summed E-state index contributed by atoms with van der Waals surface area (Å²) in [6.45, 7) is 4.51. The van der Waals surface area contributed by atoms with Gasteiger partial charge in [-0.15, -0.1) is 0 Å². The molecule has 0 saturated carbocycles. The lowest BCUT2D eigenvalue weighted by molar-refractivity contribution is 0.170. The number of aliphatic hydroxyl groups is 1. The maximum atomic E-state index is 10.3. The van der Waals surface area contributed by atoms with Crippen LogP contribution >= 0.6 is 0 Å². The van der Waals surface area contributed by atoms with Crippen LogP contribution in [0.5, 0.6) is 0 Å². The Hall–Kier alpha value is -2.50. The van der Waals surface area contributed by atoms with Gasteiger partial charge in [0.1, 0.15) is 0 Å². The molecule has 0 amide bonds. The number of hydrogen-bond acceptors (Lipinski definition) is 4. The van der Waals surface area contributed by atoms with Gasteiger partial charge in [0.2, 0.25) is 0 Å². The second-order valence-corrected chi connectivity index (χ2v) is 5.94. The molecule has 5 heteroatoms. The molecule has 2 heterocycles. The smallest absolute Gasteiger partial charge is 0.0991 e. The van der Waals surface area contributed by atoms with Gasteiger partial charge in [-0.2, -0.15) is 0 Å². The molecule has 0 aliphatic carbocycles. The largest absolute Gasteiger partial charge is 0.387 e. The molecule has 124 valence electrons. The summed E-state index contributed by atoms with van der Waals surface area (Å²) in [7, 11) is 0. The molecule has 0 aliphatic rings. The van der Waals surface area contributed by atoms with E-state index in [0.29, 0.717) is 6.54 Å². The van der Waals surface area contributed by atoms with Crippen molar-refractivity contribution in [1.82, 2.24) is 19.9 Å². The van der Waals surface area contributed by atoms with Crippen LogP contribution < -0.4 is 5.32 Å². The van der Waals surface area contributed by atoms with E-state index in [1.807, 2.05) is 29.8 Å². The lowest BCUT2D eigenvalue weighted by atomic mass is 10.1. The standard InChI is InChI=1S/C19H22N4O/c1-14-3-4-17(11-21-14)19(24)12-22-15(2)16-5-7-18(8-6-16)23-10-9-20-13-23/h3-11,13,15,19,22,24H,12H2,1-2H3. The summed E-state index contributed by atoms with van der Waals surface area (Å²) in [5, 5.41) is 13.6. The molecule has 2 unspecified atom stereocenters. The molecule has 0 aliphatic heterocycles. The zero-order valence-corrected chi connectivity index (χ0v) is 13.9. The van der Waals surface area contributed by atoms with Crippen molar-refractivity contribution in [3.05, 3.63) is 78.1 Å². The lowest BCUT2D eigenvalue weighted by Crippen LogP contribution is -2.24. The average Bonchev–Trinajstić information content (AvgIpc) is 3.15. The minimum Gasteiger partial charge on any atom is -0.387 e. The van der Waals surface area contributed by atoms with E-state index in [1.54, 1.807) is 18.7 Å². The van der Waals surface area contributed by atoms with E-state index in [0.717, 1.165) is 16.9 Å². The minimum atomic E-state index is -0.564. The van der Waals surface area contributed by atoms with Crippen LogP contribution in [-0.2, 0) is 0 Å². The van der Waals surface area contributed by atoms with Crippen molar-refractivity contribution in [3.63, 3.8) is 0 Å². The molecule has 24 heavy (non-hydrogen) atoms. The third-order valence-electron chi connectivity index (χ3n) is 4.13. The Morgan fingerprint density at radius 1 is 1.12 bits per heavy atom. The first kappa shape index (κ1) is 16.4. The van der Waals surface area contributed by atoms with Gasteiger partial charge in [-0.1, -0.05) is 18.2 Å². The molecule has 0 spiro atoms. The summed E-state index contributed by atoms with van der Waals surface area (Å²) in [6, 6.07) is 12.3. The third kappa shape index (κ3) is 3.88. The van der Waals surface area contributed by atoms with Gasteiger partial charge in [0.25, 0.3) is 0 Å². The second-order valence-electron chi connectivity index (χ2n) is 5.94. The van der Waals surface area contributed by atoms with E-state index < -0.39 is 6.10 Å². The van der Waals surface area contributed by atoms with E-state index in [2.05, 4.69) is 46.5 Å². The highest BCUT2D eigenvalue weighted by Gasteiger charge is 2.11. The maximum absolute atomic E-state index is 10.3. The second kappa shape index (κ2) is 7.38. The van der Waals surface area contributed by atoms with Crippen LogP contribution in [0.15, 0.2) is 61.3 Å². The minimum absolute atomic E-state index is 0.148. The Bertz CT molecular complexity index is 751. The van der Waals surface area contributed by atoms with Crippen molar-refractivity contribution < 1.29 is 5.11 Å². The molecule has 0 radical (unpaired) electrons. The van der Waals surface area contributed by atoms with Crippen LogP contribution in [0.1, 0.15) is 35.9 Å². The summed E-state index contributed by atoms with van der Waals surface area (Å²) < 4.78 is 1.97. The molecule has 0 bridgehead atoms. The number of aryl methyl sites for hydroxylation is 1. The zero-order valence-electron chi connectivity index (χ0n) is 13.9. The van der Waals surface area contributed by atoms with Gasteiger partial charge < -0.3 is 15.0 Å². The Kier molecular flexibility index (Phi) is 5.03. The molecule has 2 aromatic heterocycles. The number of rotatable bonds is 6. The first-order valence-corrected chi connectivity index (χ1v) is 8.06. The van der Waals surface area contributed by atoms with Crippen LogP contribution in [0.2, 0.25) is 0 Å². The molecule has 0 fully saturated rings. The van der Waals surface area contributed by atoms with Crippen molar-refractivity contribution in [2.75, 3.05) is 6.54 Å². The number of hydrogen-bond donors (Lipinski definition) is 2. The van der Waals surface area contributed by atoms with Crippen LogP contribution in [-0.4, -0.2) is 26.2 Å². The van der Waals surface area contributed by atoms with Gasteiger partial charge in [-0.05, 0) is 37.6 Å². The normalized spacial score (nSPS) is 13.6. The highest BCUT2D eigenvalue weighted by Crippen LogP contribution is 2.17. The monoisotopic (exact) mass is 322 g/mol. The molecular weight excluding hydrogens is 300 g/mol. The number of nitrogens with zero attached hydrogens (tertiary/aromatic N) is 3. The summed E-state index contributed by atoms with van der Waals surface area (Å²) >= 11 is 0. The van der Waals surface area contributed by atoms with Crippen LogP contribution in [0.3, 0.4) is 0 Å². The summed E-state index contributed by atoms with van der Waals surface area (Å²) in [4.78, 5) is 8.28. The molecule has 2 atom stereocenters. The van der Waals surface area contributed by atoms with E-state index in [-0.39, 0.29) is 6.04 Å². The number of aromatic nitrogens is 3. The van der Waals surface area contributed by atoms with Gasteiger partial charge in [0, 0.05) is 48.1 Å². The molecule has 2 N–H and O–H groups in total. The Labute approximate surface area is 142 Å². The van der Waals surface area contributed by atoms with E-state index in [1.165, 1.54) is 5.56 Å². The van der Waals surface area contributed by atoms with Gasteiger partial charge in [-0.25, -0.2) is 4.98 Å². The van der Waals surface area contributed by atoms with Crippen LogP contribution in [0.4, 0.5) is 0 Å². The Morgan fingerprint density at radius 3 is 2.50 bits per heavy atom. The highest BCUT2D eigenvalue weighted by molar-refractivity contribution is 5.35.